The van der Waals surface area contributed by atoms with Gasteiger partial charge in [-0.15, -0.1) is 11.3 Å². The summed E-state index contributed by atoms with van der Waals surface area (Å²) in [7, 11) is 0. The summed E-state index contributed by atoms with van der Waals surface area (Å²) < 4.78 is 0. The van der Waals surface area contributed by atoms with Crippen molar-refractivity contribution in [3.8, 4) is 0 Å². The van der Waals surface area contributed by atoms with E-state index in [2.05, 4.69) is 47.8 Å². The van der Waals surface area contributed by atoms with Crippen LogP contribution >= 0.6 is 11.3 Å². The summed E-state index contributed by atoms with van der Waals surface area (Å²) in [6.45, 7) is 2.39. The van der Waals surface area contributed by atoms with Gasteiger partial charge in [-0.2, -0.15) is 4.91 Å². The lowest BCUT2D eigenvalue weighted by Gasteiger charge is -2.00. The number of benzene rings is 1. The smallest absolute Gasteiger partial charge is 0.115 e. The fourth-order valence-corrected chi connectivity index (χ4v) is 2.52. The lowest BCUT2D eigenvalue weighted by atomic mass is 10.1. The molecule has 0 saturated carbocycles. The van der Waals surface area contributed by atoms with Crippen LogP contribution < -0.4 is 0 Å². The highest BCUT2D eigenvalue weighted by Crippen LogP contribution is 2.19. The topological polar surface area (TPSA) is 29.4 Å². The van der Waals surface area contributed by atoms with Crippen molar-refractivity contribution >= 4 is 11.3 Å². The maximum Gasteiger partial charge on any atom is 0.115 e. The molecule has 82 valence electrons. The fourth-order valence-electron chi connectivity index (χ4n) is 1.72. The van der Waals surface area contributed by atoms with E-state index in [4.69, 9.17) is 0 Å². The Balaban J connectivity index is 2.11. The van der Waals surface area contributed by atoms with Crippen molar-refractivity contribution in [3.05, 3.63) is 62.2 Å². The number of nitrogens with zero attached hydrogens (tertiary/aromatic N) is 1. The van der Waals surface area contributed by atoms with Crippen molar-refractivity contribution in [1.82, 2.24) is 0 Å². The minimum Gasteiger partial charge on any atom is -0.150 e. The molecular weight excluding hydrogens is 218 g/mol. The number of nitroso groups, excluding NO2 is 1. The van der Waals surface area contributed by atoms with E-state index in [1.54, 1.807) is 11.3 Å². The van der Waals surface area contributed by atoms with Crippen LogP contribution in [0, 0.1) is 11.8 Å². The molecule has 0 fully saturated rings. The first kappa shape index (κ1) is 11.0. The Labute approximate surface area is 98.9 Å². The maximum absolute atomic E-state index is 10.1. The summed E-state index contributed by atoms with van der Waals surface area (Å²) >= 11 is 1.60. The molecular formula is C13H13NOS. The highest BCUT2D eigenvalue weighted by atomic mass is 32.1. The zero-order valence-corrected chi connectivity index (χ0v) is 9.96. The third-order valence-corrected chi connectivity index (χ3v) is 3.39. The summed E-state index contributed by atoms with van der Waals surface area (Å²) in [4.78, 5) is 11.2. The van der Waals surface area contributed by atoms with E-state index in [1.807, 2.05) is 0 Å². The van der Waals surface area contributed by atoms with Crippen LogP contribution in [-0.2, 0) is 13.0 Å². The maximum atomic E-state index is 10.1. The SMILES string of the molecule is Cc1cccc(Cc2csc(CN=O)c2)c1. The van der Waals surface area contributed by atoms with Crippen LogP contribution in [0.3, 0.4) is 0 Å². The average Bonchev–Trinajstić information content (AvgIpc) is 2.66. The number of aryl methyl sites for hydroxylation is 1. The Kier molecular flexibility index (Phi) is 3.47. The van der Waals surface area contributed by atoms with Gasteiger partial charge in [0.1, 0.15) is 6.54 Å². The first-order valence-corrected chi connectivity index (χ1v) is 6.07. The van der Waals surface area contributed by atoms with Crippen molar-refractivity contribution in [2.24, 2.45) is 5.18 Å². The van der Waals surface area contributed by atoms with Gasteiger partial charge in [-0.05, 0) is 35.9 Å². The molecule has 0 aliphatic heterocycles. The van der Waals surface area contributed by atoms with E-state index in [-0.39, 0.29) is 0 Å². The summed E-state index contributed by atoms with van der Waals surface area (Å²) in [5.74, 6) is 0. The van der Waals surface area contributed by atoms with Gasteiger partial charge in [0, 0.05) is 4.88 Å². The molecule has 0 aliphatic rings. The molecule has 2 aromatic rings. The molecule has 0 spiro atoms. The first-order chi connectivity index (χ1) is 7.78. The van der Waals surface area contributed by atoms with Crippen LogP contribution in [0.5, 0.6) is 0 Å². The molecule has 0 atom stereocenters. The lowest BCUT2D eigenvalue weighted by molar-refractivity contribution is 1.08. The van der Waals surface area contributed by atoms with E-state index in [9.17, 15) is 4.91 Å². The molecule has 1 heterocycles. The number of rotatable bonds is 4. The third kappa shape index (κ3) is 2.76. The Morgan fingerprint density at radius 2 is 2.12 bits per heavy atom. The average molecular weight is 231 g/mol. The van der Waals surface area contributed by atoms with Gasteiger partial charge in [-0.3, -0.25) is 0 Å². The van der Waals surface area contributed by atoms with Crippen molar-refractivity contribution in [2.45, 2.75) is 19.9 Å². The van der Waals surface area contributed by atoms with E-state index < -0.39 is 0 Å². The Morgan fingerprint density at radius 1 is 1.25 bits per heavy atom. The number of hydrogen-bond donors (Lipinski definition) is 0. The summed E-state index contributed by atoms with van der Waals surface area (Å²) in [6.07, 6.45) is 0.928. The van der Waals surface area contributed by atoms with Gasteiger partial charge in [-0.1, -0.05) is 35.0 Å². The standard InChI is InChI=1S/C13H13NOS/c1-10-3-2-4-11(5-10)6-12-7-13(8-14-15)16-9-12/h2-5,7,9H,6,8H2,1H3. The highest BCUT2D eigenvalue weighted by molar-refractivity contribution is 7.10. The van der Waals surface area contributed by atoms with E-state index in [0.717, 1.165) is 11.3 Å². The highest BCUT2D eigenvalue weighted by Gasteiger charge is 2.01. The summed E-state index contributed by atoms with van der Waals surface area (Å²) in [5, 5.41) is 5.00. The third-order valence-electron chi connectivity index (χ3n) is 2.42. The quantitative estimate of drug-likeness (QED) is 0.733. The van der Waals surface area contributed by atoms with Gasteiger partial charge in [0.15, 0.2) is 0 Å². The molecule has 1 aromatic carbocycles. The van der Waals surface area contributed by atoms with Crippen LogP contribution in [0.1, 0.15) is 21.6 Å². The molecule has 3 heteroatoms. The van der Waals surface area contributed by atoms with Gasteiger partial charge in [0.25, 0.3) is 0 Å². The van der Waals surface area contributed by atoms with Crippen LogP contribution in [0.25, 0.3) is 0 Å². The molecule has 0 radical (unpaired) electrons. The van der Waals surface area contributed by atoms with Gasteiger partial charge in [0.05, 0.1) is 0 Å². The van der Waals surface area contributed by atoms with Crippen molar-refractivity contribution < 1.29 is 0 Å². The van der Waals surface area contributed by atoms with Crippen LogP contribution in [0.2, 0.25) is 0 Å². The second-order valence-electron chi connectivity index (χ2n) is 3.87. The predicted octanol–water partition coefficient (Wildman–Crippen LogP) is 3.91. The zero-order valence-electron chi connectivity index (χ0n) is 9.14. The fraction of sp³-hybridized carbons (Fsp3) is 0.231. The second-order valence-corrected chi connectivity index (χ2v) is 4.87. The monoisotopic (exact) mass is 231 g/mol. The molecule has 0 N–H and O–H groups in total. The van der Waals surface area contributed by atoms with Crippen molar-refractivity contribution in [1.29, 1.82) is 0 Å². The molecule has 0 aliphatic carbocycles. The second kappa shape index (κ2) is 5.03. The Hall–Kier alpha value is -1.48. The zero-order chi connectivity index (χ0) is 11.4. The molecule has 16 heavy (non-hydrogen) atoms. The van der Waals surface area contributed by atoms with E-state index in [1.165, 1.54) is 16.7 Å². The number of thiophene rings is 1. The minimum absolute atomic E-state index is 0.290. The molecule has 0 saturated heterocycles. The van der Waals surface area contributed by atoms with Crippen molar-refractivity contribution in [2.75, 3.05) is 0 Å². The van der Waals surface area contributed by atoms with E-state index >= 15 is 0 Å². The van der Waals surface area contributed by atoms with Gasteiger partial charge < -0.3 is 0 Å². The Morgan fingerprint density at radius 3 is 2.88 bits per heavy atom. The molecule has 2 nitrogen and oxygen atoms in total. The van der Waals surface area contributed by atoms with Crippen molar-refractivity contribution in [3.63, 3.8) is 0 Å². The largest absolute Gasteiger partial charge is 0.150 e. The molecule has 0 bridgehead atoms. The van der Waals surface area contributed by atoms with Gasteiger partial charge in [0.2, 0.25) is 0 Å². The molecule has 2 rings (SSSR count). The lowest BCUT2D eigenvalue weighted by Crippen LogP contribution is -1.86. The Bertz CT molecular complexity index is 490. The van der Waals surface area contributed by atoms with Crippen LogP contribution in [0.15, 0.2) is 40.9 Å². The van der Waals surface area contributed by atoms with Gasteiger partial charge >= 0.3 is 0 Å². The number of hydrogen-bond acceptors (Lipinski definition) is 3. The summed E-state index contributed by atoms with van der Waals surface area (Å²) in [6, 6.07) is 10.6. The van der Waals surface area contributed by atoms with E-state index in [0.29, 0.717) is 6.54 Å². The van der Waals surface area contributed by atoms with Crippen LogP contribution in [0.4, 0.5) is 0 Å². The van der Waals surface area contributed by atoms with Gasteiger partial charge in [-0.25, -0.2) is 0 Å². The normalized spacial score (nSPS) is 10.3. The predicted molar refractivity (Wildman–Crippen MR) is 67.8 cm³/mol. The molecule has 0 amide bonds. The first-order valence-electron chi connectivity index (χ1n) is 5.19. The minimum atomic E-state index is 0.290. The molecule has 1 aromatic heterocycles. The molecule has 0 unspecified atom stereocenters. The summed E-state index contributed by atoms with van der Waals surface area (Å²) in [5.41, 5.74) is 3.85. The van der Waals surface area contributed by atoms with Crippen LogP contribution in [-0.4, -0.2) is 0 Å².